The first-order valence-corrected chi connectivity index (χ1v) is 3.80. The molecule has 0 atom stereocenters. The zero-order chi connectivity index (χ0) is 9.30. The average Bonchev–Trinajstić information content (AvgIpc) is 2.00. The maximum absolute atomic E-state index is 13.2. The summed E-state index contributed by atoms with van der Waals surface area (Å²) in [6, 6.07) is 3.29. The number of rotatable bonds is 1. The molecule has 0 radical (unpaired) electrons. The van der Waals surface area contributed by atoms with Crippen LogP contribution in [0.25, 0.3) is 0 Å². The van der Waals surface area contributed by atoms with Gasteiger partial charge >= 0.3 is 0 Å². The molecule has 0 N–H and O–H groups in total. The largest absolute Gasteiger partial charge is 0.294 e. The molecular formula is C10H11FO. The van der Waals surface area contributed by atoms with Crippen molar-refractivity contribution >= 4 is 5.78 Å². The lowest BCUT2D eigenvalue weighted by Gasteiger charge is -2.04. The fourth-order valence-electron chi connectivity index (χ4n) is 1.20. The molecule has 0 saturated carbocycles. The summed E-state index contributed by atoms with van der Waals surface area (Å²) in [5.74, 6) is -0.367. The molecular weight excluding hydrogens is 155 g/mol. The summed E-state index contributed by atoms with van der Waals surface area (Å²) in [7, 11) is 0. The lowest BCUT2D eigenvalue weighted by Crippen LogP contribution is -1.99. The number of Topliss-reactive ketones (excluding diaryl/α,β-unsaturated/α-hetero) is 1. The normalized spacial score (nSPS) is 10.0. The maximum atomic E-state index is 13.2. The predicted octanol–water partition coefficient (Wildman–Crippen LogP) is 2.65. The van der Waals surface area contributed by atoms with E-state index in [1.54, 1.807) is 26.0 Å². The smallest absolute Gasteiger partial charge is 0.160 e. The fourth-order valence-corrected chi connectivity index (χ4v) is 1.20. The zero-order valence-corrected chi connectivity index (χ0v) is 7.44. The molecule has 0 amide bonds. The van der Waals surface area contributed by atoms with E-state index in [0.717, 1.165) is 0 Å². The van der Waals surface area contributed by atoms with E-state index in [9.17, 15) is 9.18 Å². The molecule has 1 aromatic rings. The minimum Gasteiger partial charge on any atom is -0.294 e. The third-order valence-electron chi connectivity index (χ3n) is 1.96. The van der Waals surface area contributed by atoms with Gasteiger partial charge in [0, 0.05) is 5.56 Å². The maximum Gasteiger partial charge on any atom is 0.160 e. The molecule has 2 heteroatoms. The molecule has 1 rings (SSSR count). The average molecular weight is 166 g/mol. The summed E-state index contributed by atoms with van der Waals surface area (Å²) in [5, 5.41) is 0. The Morgan fingerprint density at radius 3 is 2.42 bits per heavy atom. The molecule has 0 aromatic heterocycles. The van der Waals surface area contributed by atoms with Gasteiger partial charge in [0.05, 0.1) is 0 Å². The van der Waals surface area contributed by atoms with Crippen molar-refractivity contribution in [3.63, 3.8) is 0 Å². The van der Waals surface area contributed by atoms with Crippen molar-refractivity contribution in [2.24, 2.45) is 0 Å². The van der Waals surface area contributed by atoms with Crippen LogP contribution in [0.1, 0.15) is 28.4 Å². The van der Waals surface area contributed by atoms with Crippen molar-refractivity contribution in [1.29, 1.82) is 0 Å². The van der Waals surface area contributed by atoms with E-state index in [4.69, 9.17) is 0 Å². The summed E-state index contributed by atoms with van der Waals surface area (Å²) >= 11 is 0. The minimum atomic E-state index is -0.275. The Labute approximate surface area is 71.2 Å². The van der Waals surface area contributed by atoms with Gasteiger partial charge in [0.2, 0.25) is 0 Å². The van der Waals surface area contributed by atoms with Crippen molar-refractivity contribution in [3.05, 3.63) is 34.6 Å². The van der Waals surface area contributed by atoms with Gasteiger partial charge in [0.25, 0.3) is 0 Å². The van der Waals surface area contributed by atoms with Crippen LogP contribution in [0.4, 0.5) is 4.39 Å². The molecule has 12 heavy (non-hydrogen) atoms. The van der Waals surface area contributed by atoms with Crippen LogP contribution in [-0.2, 0) is 0 Å². The van der Waals surface area contributed by atoms with E-state index < -0.39 is 0 Å². The van der Waals surface area contributed by atoms with E-state index in [1.807, 2.05) is 0 Å². The lowest BCUT2D eigenvalue weighted by molar-refractivity contribution is 0.101. The van der Waals surface area contributed by atoms with Gasteiger partial charge in [-0.2, -0.15) is 0 Å². The summed E-state index contributed by atoms with van der Waals surface area (Å²) in [4.78, 5) is 11.0. The highest BCUT2D eigenvalue weighted by Crippen LogP contribution is 2.16. The highest BCUT2D eigenvalue weighted by molar-refractivity contribution is 5.95. The third kappa shape index (κ3) is 1.37. The third-order valence-corrected chi connectivity index (χ3v) is 1.96. The Kier molecular flexibility index (Phi) is 2.27. The number of halogens is 1. The van der Waals surface area contributed by atoms with Gasteiger partial charge in [-0.15, -0.1) is 0 Å². The van der Waals surface area contributed by atoms with Crippen LogP contribution < -0.4 is 0 Å². The Bertz CT molecular complexity index is 329. The van der Waals surface area contributed by atoms with Crippen LogP contribution in [-0.4, -0.2) is 5.78 Å². The van der Waals surface area contributed by atoms with Gasteiger partial charge in [-0.25, -0.2) is 4.39 Å². The summed E-state index contributed by atoms with van der Waals surface area (Å²) in [6.45, 7) is 4.75. The molecule has 0 spiro atoms. The number of carbonyl (C=O) groups is 1. The second-order valence-corrected chi connectivity index (χ2v) is 2.93. The van der Waals surface area contributed by atoms with Gasteiger partial charge < -0.3 is 0 Å². The first-order chi connectivity index (χ1) is 5.54. The first-order valence-electron chi connectivity index (χ1n) is 3.80. The second-order valence-electron chi connectivity index (χ2n) is 2.93. The van der Waals surface area contributed by atoms with Crippen LogP contribution in [0.3, 0.4) is 0 Å². The van der Waals surface area contributed by atoms with Crippen LogP contribution in [0.2, 0.25) is 0 Å². The molecule has 0 fully saturated rings. The molecule has 0 saturated heterocycles. The molecule has 0 aliphatic heterocycles. The molecule has 0 aliphatic carbocycles. The molecule has 0 aliphatic rings. The van der Waals surface area contributed by atoms with Gasteiger partial charge in [0.1, 0.15) is 5.82 Å². The topological polar surface area (TPSA) is 17.1 Å². The van der Waals surface area contributed by atoms with Gasteiger partial charge in [-0.3, -0.25) is 4.79 Å². The monoisotopic (exact) mass is 166 g/mol. The number of aryl methyl sites for hydroxylation is 1. The van der Waals surface area contributed by atoms with Gasteiger partial charge in [-0.1, -0.05) is 12.1 Å². The second kappa shape index (κ2) is 3.05. The predicted molar refractivity (Wildman–Crippen MR) is 45.9 cm³/mol. The quantitative estimate of drug-likeness (QED) is 0.586. The van der Waals surface area contributed by atoms with Crippen molar-refractivity contribution < 1.29 is 9.18 Å². The molecule has 1 aromatic carbocycles. The molecule has 64 valence electrons. The Balaban J connectivity index is 3.36. The van der Waals surface area contributed by atoms with Crippen molar-refractivity contribution in [1.82, 2.24) is 0 Å². The summed E-state index contributed by atoms with van der Waals surface area (Å²) in [6.07, 6.45) is 0. The van der Waals surface area contributed by atoms with E-state index in [1.165, 1.54) is 6.92 Å². The van der Waals surface area contributed by atoms with Gasteiger partial charge in [-0.05, 0) is 31.9 Å². The standard InChI is InChI=1S/C10H11FO/c1-6-4-5-9(8(3)12)7(2)10(6)11/h4-5H,1-3H3. The Morgan fingerprint density at radius 1 is 1.33 bits per heavy atom. The summed E-state index contributed by atoms with van der Waals surface area (Å²) in [5.41, 5.74) is 1.50. The zero-order valence-electron chi connectivity index (χ0n) is 7.44. The van der Waals surface area contributed by atoms with E-state index in [-0.39, 0.29) is 11.6 Å². The van der Waals surface area contributed by atoms with Crippen LogP contribution >= 0.6 is 0 Å². The lowest BCUT2D eigenvalue weighted by atomic mass is 10.0. The Hall–Kier alpha value is -1.18. The van der Waals surface area contributed by atoms with Crippen LogP contribution in [0, 0.1) is 19.7 Å². The SMILES string of the molecule is CC(=O)c1ccc(C)c(F)c1C. The highest BCUT2D eigenvalue weighted by Gasteiger charge is 2.09. The summed E-state index contributed by atoms with van der Waals surface area (Å²) < 4.78 is 13.2. The molecule has 0 bridgehead atoms. The van der Waals surface area contributed by atoms with E-state index in [2.05, 4.69) is 0 Å². The number of hydrogen-bond acceptors (Lipinski definition) is 1. The van der Waals surface area contributed by atoms with Crippen molar-refractivity contribution in [2.75, 3.05) is 0 Å². The molecule has 0 unspecified atom stereocenters. The van der Waals surface area contributed by atoms with E-state index in [0.29, 0.717) is 16.7 Å². The number of ketones is 1. The number of benzene rings is 1. The van der Waals surface area contributed by atoms with Crippen LogP contribution in [0.15, 0.2) is 12.1 Å². The van der Waals surface area contributed by atoms with Crippen molar-refractivity contribution in [2.45, 2.75) is 20.8 Å². The van der Waals surface area contributed by atoms with Crippen LogP contribution in [0.5, 0.6) is 0 Å². The highest BCUT2D eigenvalue weighted by atomic mass is 19.1. The number of carbonyl (C=O) groups excluding carboxylic acids is 1. The Morgan fingerprint density at radius 2 is 1.92 bits per heavy atom. The number of hydrogen-bond donors (Lipinski definition) is 0. The van der Waals surface area contributed by atoms with E-state index >= 15 is 0 Å². The molecule has 0 heterocycles. The minimum absolute atomic E-state index is 0.0913. The first kappa shape index (κ1) is 8.91. The van der Waals surface area contributed by atoms with Gasteiger partial charge in [0.15, 0.2) is 5.78 Å². The fraction of sp³-hybridized carbons (Fsp3) is 0.300. The molecule has 1 nitrogen and oxygen atoms in total. The van der Waals surface area contributed by atoms with Crippen molar-refractivity contribution in [3.8, 4) is 0 Å².